The minimum Gasteiger partial charge on any atom is -0.308 e. The Hall–Kier alpha value is -0.470. The van der Waals surface area contributed by atoms with Crippen molar-refractivity contribution in [3.63, 3.8) is 0 Å². The van der Waals surface area contributed by atoms with Gasteiger partial charge in [0.25, 0.3) is 0 Å². The van der Waals surface area contributed by atoms with Crippen molar-refractivity contribution >= 4 is 8.60 Å². The van der Waals surface area contributed by atoms with Crippen LogP contribution in [-0.4, -0.2) is 19.8 Å². The molecule has 92 valence electrons. The summed E-state index contributed by atoms with van der Waals surface area (Å²) in [5.74, 6) is 0. The van der Waals surface area contributed by atoms with E-state index in [-0.39, 0.29) is 0 Å². The summed E-state index contributed by atoms with van der Waals surface area (Å²) in [5, 5.41) is 0. The summed E-state index contributed by atoms with van der Waals surface area (Å²) in [6.45, 7) is 7.42. The average Bonchev–Trinajstić information content (AvgIpc) is 2.29. The molecule has 0 radical (unpaired) electrons. The van der Waals surface area contributed by atoms with Gasteiger partial charge in [0.05, 0.1) is 19.8 Å². The lowest BCUT2D eigenvalue weighted by atomic mass is 10.6. The highest BCUT2D eigenvalue weighted by Gasteiger charge is 2.09. The normalized spacial score (nSPS) is 12.8. The van der Waals surface area contributed by atoms with Crippen LogP contribution in [0.4, 0.5) is 0 Å². The molecule has 0 fully saturated rings. The molecule has 0 spiro atoms. The lowest BCUT2D eigenvalue weighted by Gasteiger charge is -2.13. The van der Waals surface area contributed by atoms with Crippen LogP contribution in [0.3, 0.4) is 0 Å². The highest BCUT2D eigenvalue weighted by Crippen LogP contribution is 2.39. The molecule has 0 aromatic heterocycles. The predicted molar refractivity (Wildman–Crippen MR) is 69.2 cm³/mol. The molecule has 0 N–H and O–H groups in total. The van der Waals surface area contributed by atoms with Crippen molar-refractivity contribution in [1.29, 1.82) is 0 Å². The van der Waals surface area contributed by atoms with Crippen LogP contribution in [0, 0.1) is 0 Å². The first kappa shape index (κ1) is 15.5. The van der Waals surface area contributed by atoms with E-state index < -0.39 is 8.60 Å². The van der Waals surface area contributed by atoms with Crippen LogP contribution in [-0.2, 0) is 13.6 Å². The Balaban J connectivity index is 3.84. The molecule has 0 aromatic carbocycles. The maximum atomic E-state index is 5.44. The maximum absolute atomic E-state index is 5.44. The lowest BCUT2D eigenvalue weighted by molar-refractivity contribution is 0.194. The molecular weight excluding hydrogens is 223 g/mol. The van der Waals surface area contributed by atoms with Crippen LogP contribution in [0.5, 0.6) is 0 Å². The van der Waals surface area contributed by atoms with Crippen molar-refractivity contribution in [2.45, 2.75) is 20.8 Å². The second-order valence-electron chi connectivity index (χ2n) is 2.82. The van der Waals surface area contributed by atoms with E-state index in [2.05, 4.69) is 0 Å². The van der Waals surface area contributed by atoms with Crippen LogP contribution in [0.25, 0.3) is 0 Å². The largest absolute Gasteiger partial charge is 0.333 e. The Kier molecular flexibility index (Phi) is 12.2. The fraction of sp³-hybridized carbons (Fsp3) is 0.500. The summed E-state index contributed by atoms with van der Waals surface area (Å²) in [4.78, 5) is 0. The minimum absolute atomic E-state index is 0.522. The zero-order valence-corrected chi connectivity index (χ0v) is 11.2. The number of hydrogen-bond acceptors (Lipinski definition) is 3. The van der Waals surface area contributed by atoms with Gasteiger partial charge in [-0.15, -0.1) is 0 Å². The molecule has 0 amide bonds. The van der Waals surface area contributed by atoms with Crippen molar-refractivity contribution in [3.05, 3.63) is 36.5 Å². The zero-order chi connectivity index (χ0) is 12.1. The summed E-state index contributed by atoms with van der Waals surface area (Å²) < 4.78 is 16.3. The lowest BCUT2D eigenvalue weighted by Crippen LogP contribution is -1.96. The Morgan fingerprint density at radius 1 is 0.688 bits per heavy atom. The van der Waals surface area contributed by atoms with Gasteiger partial charge in [0.1, 0.15) is 0 Å². The third-order valence-electron chi connectivity index (χ3n) is 1.54. The van der Waals surface area contributed by atoms with E-state index in [9.17, 15) is 0 Å². The van der Waals surface area contributed by atoms with Gasteiger partial charge in [0.2, 0.25) is 0 Å². The molecule has 0 rings (SSSR count). The smallest absolute Gasteiger partial charge is 0.308 e. The Morgan fingerprint density at radius 3 is 1.25 bits per heavy atom. The molecule has 0 aliphatic rings. The molecule has 4 heteroatoms. The van der Waals surface area contributed by atoms with Crippen molar-refractivity contribution < 1.29 is 13.6 Å². The average molecular weight is 244 g/mol. The highest BCUT2D eigenvalue weighted by molar-refractivity contribution is 7.41. The first-order valence-electron chi connectivity index (χ1n) is 5.37. The minimum atomic E-state index is -1.25. The summed E-state index contributed by atoms with van der Waals surface area (Å²) in [6.07, 6.45) is 11.6. The molecule has 0 aliphatic heterocycles. The molecule has 0 aliphatic carbocycles. The van der Waals surface area contributed by atoms with Gasteiger partial charge >= 0.3 is 8.60 Å². The van der Waals surface area contributed by atoms with Gasteiger partial charge in [-0.25, -0.2) is 0 Å². The fourth-order valence-electron chi connectivity index (χ4n) is 0.712. The van der Waals surface area contributed by atoms with Gasteiger partial charge in [-0.05, 0) is 20.8 Å². The molecule has 3 nitrogen and oxygen atoms in total. The zero-order valence-electron chi connectivity index (χ0n) is 10.3. The molecule has 0 bridgehead atoms. The van der Waals surface area contributed by atoms with Gasteiger partial charge in [0, 0.05) is 0 Å². The molecule has 0 unspecified atom stereocenters. The van der Waals surface area contributed by atoms with Crippen molar-refractivity contribution in [1.82, 2.24) is 0 Å². The first-order valence-corrected chi connectivity index (χ1v) is 6.47. The highest BCUT2D eigenvalue weighted by atomic mass is 31.2. The molecule has 0 saturated heterocycles. The second-order valence-corrected chi connectivity index (χ2v) is 4.04. The van der Waals surface area contributed by atoms with Crippen molar-refractivity contribution in [2.24, 2.45) is 0 Å². The van der Waals surface area contributed by atoms with Crippen LogP contribution in [0.15, 0.2) is 36.5 Å². The van der Waals surface area contributed by atoms with E-state index in [0.717, 1.165) is 0 Å². The van der Waals surface area contributed by atoms with Crippen LogP contribution >= 0.6 is 8.60 Å². The second kappa shape index (κ2) is 12.6. The van der Waals surface area contributed by atoms with Gasteiger partial charge < -0.3 is 13.6 Å². The van der Waals surface area contributed by atoms with E-state index in [1.54, 1.807) is 0 Å². The SMILES string of the molecule is C/C=C/COP(OC/C=C/C)OC/C=C/C. The van der Waals surface area contributed by atoms with Crippen molar-refractivity contribution in [2.75, 3.05) is 19.8 Å². The van der Waals surface area contributed by atoms with E-state index in [1.807, 2.05) is 57.2 Å². The van der Waals surface area contributed by atoms with E-state index >= 15 is 0 Å². The standard InChI is InChI=1S/C12H21O3P/c1-4-7-10-13-16(14-11-8-5-2)15-12-9-6-3/h4-9H,10-12H2,1-3H3/b7-4+,8-5+,9-6+. The van der Waals surface area contributed by atoms with Gasteiger partial charge in [-0.3, -0.25) is 0 Å². The Labute approximate surface area is 99.8 Å². The molecule has 0 aromatic rings. The third-order valence-corrected chi connectivity index (χ3v) is 2.62. The van der Waals surface area contributed by atoms with Crippen LogP contribution < -0.4 is 0 Å². The van der Waals surface area contributed by atoms with Crippen LogP contribution in [0.2, 0.25) is 0 Å². The fourth-order valence-corrected chi connectivity index (χ4v) is 1.56. The predicted octanol–water partition coefficient (Wildman–Crippen LogP) is 3.99. The quantitative estimate of drug-likeness (QED) is 0.453. The molecule has 0 saturated carbocycles. The Bertz CT molecular complexity index is 186. The van der Waals surface area contributed by atoms with E-state index in [4.69, 9.17) is 13.6 Å². The van der Waals surface area contributed by atoms with Gasteiger partial charge in [-0.2, -0.15) is 0 Å². The summed E-state index contributed by atoms with van der Waals surface area (Å²) in [7, 11) is -1.25. The van der Waals surface area contributed by atoms with Gasteiger partial charge in [0.15, 0.2) is 0 Å². The molecular formula is C12H21O3P. The van der Waals surface area contributed by atoms with Crippen LogP contribution in [0.1, 0.15) is 20.8 Å². The third kappa shape index (κ3) is 10.1. The maximum Gasteiger partial charge on any atom is 0.333 e. The summed E-state index contributed by atoms with van der Waals surface area (Å²) in [5.41, 5.74) is 0. The topological polar surface area (TPSA) is 27.7 Å². The Morgan fingerprint density at radius 2 is 1.00 bits per heavy atom. The van der Waals surface area contributed by atoms with Crippen molar-refractivity contribution in [3.8, 4) is 0 Å². The number of rotatable bonds is 9. The molecule has 0 atom stereocenters. The monoisotopic (exact) mass is 244 g/mol. The molecule has 16 heavy (non-hydrogen) atoms. The number of hydrogen-bond donors (Lipinski definition) is 0. The first-order chi connectivity index (χ1) is 7.85. The summed E-state index contributed by atoms with van der Waals surface area (Å²) >= 11 is 0. The number of allylic oxidation sites excluding steroid dienone is 3. The van der Waals surface area contributed by atoms with E-state index in [0.29, 0.717) is 19.8 Å². The molecule has 0 heterocycles. The van der Waals surface area contributed by atoms with Gasteiger partial charge in [-0.1, -0.05) is 36.5 Å². The van der Waals surface area contributed by atoms with E-state index in [1.165, 1.54) is 0 Å². The summed E-state index contributed by atoms with van der Waals surface area (Å²) in [6, 6.07) is 0.